The molecule has 2 unspecified atom stereocenters. The molecule has 0 radical (unpaired) electrons. The molecule has 16 heavy (non-hydrogen) atoms. The number of aromatic nitrogens is 1. The lowest BCUT2D eigenvalue weighted by atomic mass is 10.2. The maximum Gasteiger partial charge on any atom is 0.366 e. The summed E-state index contributed by atoms with van der Waals surface area (Å²) >= 11 is 0. The van der Waals surface area contributed by atoms with Crippen LogP contribution < -0.4 is 0 Å². The molecule has 1 rings (SSSR count). The summed E-state index contributed by atoms with van der Waals surface area (Å²) in [7, 11) is -8.91. The molecule has 0 saturated carbocycles. The molecular weight excluding hydrogens is 256 g/mol. The van der Waals surface area contributed by atoms with Gasteiger partial charge in [-0.1, -0.05) is 6.07 Å². The number of hydrogen-bond donors (Lipinski definition) is 4. The predicted molar refractivity (Wildman–Crippen MR) is 56.2 cm³/mol. The summed E-state index contributed by atoms with van der Waals surface area (Å²) in [5.74, 6) is 0. The summed E-state index contributed by atoms with van der Waals surface area (Å²) in [6.45, 7) is 0. The highest BCUT2D eigenvalue weighted by Crippen LogP contribution is 2.61. The Hall–Kier alpha value is -0.550. The number of rotatable bonds is 4. The highest BCUT2D eigenvalue weighted by atomic mass is 31.2. The van der Waals surface area contributed by atoms with Crippen LogP contribution in [0, 0.1) is 0 Å². The Morgan fingerprint density at radius 1 is 1.50 bits per heavy atom. The Bertz CT molecular complexity index is 432. The van der Waals surface area contributed by atoms with Gasteiger partial charge in [-0.05, 0) is 11.6 Å². The van der Waals surface area contributed by atoms with Crippen LogP contribution in [0.3, 0.4) is 0 Å². The molecule has 2 atom stereocenters. The third kappa shape index (κ3) is 2.77. The highest BCUT2D eigenvalue weighted by Gasteiger charge is 2.50. The Balaban J connectivity index is 3.08. The fraction of sp³-hybridized carbons (Fsp3) is 0.286. The maximum absolute atomic E-state index is 11.0. The van der Waals surface area contributed by atoms with Gasteiger partial charge in [-0.15, -0.1) is 0 Å². The first-order valence-electron chi connectivity index (χ1n) is 4.18. The van der Waals surface area contributed by atoms with Gasteiger partial charge in [0, 0.05) is 18.8 Å². The van der Waals surface area contributed by atoms with Crippen LogP contribution in [0.25, 0.3) is 0 Å². The number of pyridine rings is 1. The molecule has 0 amide bonds. The quantitative estimate of drug-likeness (QED) is 0.561. The SMILES string of the molecule is O=[PH](O)C(O)(Cc1cccnc1)P(=O)(O)O. The van der Waals surface area contributed by atoms with E-state index >= 15 is 0 Å². The van der Waals surface area contributed by atoms with E-state index < -0.39 is 27.1 Å². The second-order valence-electron chi connectivity index (χ2n) is 3.20. The Kier molecular flexibility index (Phi) is 4.02. The van der Waals surface area contributed by atoms with Gasteiger partial charge in [0.25, 0.3) is 0 Å². The predicted octanol–water partition coefficient (Wildman–Crippen LogP) is -0.0851. The zero-order valence-electron chi connectivity index (χ0n) is 8.02. The van der Waals surface area contributed by atoms with E-state index in [0.29, 0.717) is 0 Å². The van der Waals surface area contributed by atoms with Crippen LogP contribution in [-0.2, 0) is 15.6 Å². The van der Waals surface area contributed by atoms with Gasteiger partial charge < -0.3 is 19.8 Å². The van der Waals surface area contributed by atoms with Crippen molar-refractivity contribution in [1.82, 2.24) is 4.98 Å². The molecule has 9 heteroatoms. The summed E-state index contributed by atoms with van der Waals surface area (Å²) in [6.07, 6.45) is 2.06. The van der Waals surface area contributed by atoms with Crippen LogP contribution in [0.1, 0.15) is 5.56 Å². The number of hydrogen-bond acceptors (Lipinski definition) is 4. The first-order chi connectivity index (χ1) is 7.27. The molecule has 7 nitrogen and oxygen atoms in total. The lowest BCUT2D eigenvalue weighted by Gasteiger charge is -2.25. The van der Waals surface area contributed by atoms with Gasteiger partial charge in [-0.2, -0.15) is 0 Å². The first-order valence-corrected chi connectivity index (χ1v) is 7.14. The van der Waals surface area contributed by atoms with Crippen molar-refractivity contribution in [2.75, 3.05) is 0 Å². The van der Waals surface area contributed by atoms with Crippen molar-refractivity contribution in [3.8, 4) is 0 Å². The van der Waals surface area contributed by atoms with Crippen molar-refractivity contribution < 1.29 is 28.9 Å². The molecule has 0 aromatic carbocycles. The molecule has 1 aromatic rings. The third-order valence-electron chi connectivity index (χ3n) is 2.00. The van der Waals surface area contributed by atoms with Crippen molar-refractivity contribution in [3.05, 3.63) is 30.1 Å². The summed E-state index contributed by atoms with van der Waals surface area (Å²) < 4.78 is 21.9. The first kappa shape index (κ1) is 13.5. The van der Waals surface area contributed by atoms with Gasteiger partial charge >= 0.3 is 7.60 Å². The fourth-order valence-corrected chi connectivity index (χ4v) is 2.83. The summed E-state index contributed by atoms with van der Waals surface area (Å²) in [4.78, 5) is 30.3. The van der Waals surface area contributed by atoms with Crippen LogP contribution in [0.5, 0.6) is 0 Å². The van der Waals surface area contributed by atoms with Crippen LogP contribution in [0.4, 0.5) is 0 Å². The van der Waals surface area contributed by atoms with Gasteiger partial charge in [-0.3, -0.25) is 14.1 Å². The molecular formula is C7H11NO6P2. The summed E-state index contributed by atoms with van der Waals surface area (Å²) in [5.41, 5.74) is 0.265. The number of aliphatic hydroxyl groups is 1. The molecule has 0 fully saturated rings. The molecule has 0 aliphatic rings. The molecule has 0 spiro atoms. The molecule has 0 saturated heterocycles. The van der Waals surface area contributed by atoms with Crippen LogP contribution >= 0.6 is 15.6 Å². The topological polar surface area (TPSA) is 128 Å². The minimum atomic E-state index is -5.10. The second kappa shape index (κ2) is 4.75. The van der Waals surface area contributed by atoms with Gasteiger partial charge in [0.05, 0.1) is 0 Å². The lowest BCUT2D eigenvalue weighted by Crippen LogP contribution is -2.27. The lowest BCUT2D eigenvalue weighted by molar-refractivity contribution is 0.154. The third-order valence-corrected chi connectivity index (χ3v) is 5.43. The molecule has 1 heterocycles. The van der Waals surface area contributed by atoms with E-state index in [1.807, 2.05) is 0 Å². The van der Waals surface area contributed by atoms with Crippen molar-refractivity contribution >= 4 is 15.6 Å². The van der Waals surface area contributed by atoms with Gasteiger partial charge in [0.15, 0.2) is 0 Å². The van der Waals surface area contributed by atoms with Crippen LogP contribution in [0.2, 0.25) is 0 Å². The summed E-state index contributed by atoms with van der Waals surface area (Å²) in [5, 5.41) is 6.64. The standard InChI is InChI=1S/C7H11NO6P2/c9-7(15(10)11,16(12,13)14)4-6-2-1-3-8-5-6/h1-3,5,9,15H,4H2,(H,10,11)(H2,12,13,14). The van der Waals surface area contributed by atoms with E-state index in [1.165, 1.54) is 24.5 Å². The molecule has 1 aromatic heterocycles. The van der Waals surface area contributed by atoms with Crippen molar-refractivity contribution in [1.29, 1.82) is 0 Å². The largest absolute Gasteiger partial charge is 0.369 e. The van der Waals surface area contributed by atoms with Crippen LogP contribution in [-0.4, -0.2) is 29.9 Å². The van der Waals surface area contributed by atoms with Crippen molar-refractivity contribution in [2.24, 2.45) is 0 Å². The number of nitrogens with zero attached hydrogens (tertiary/aromatic N) is 1. The van der Waals surface area contributed by atoms with E-state index in [0.717, 1.165) is 0 Å². The van der Waals surface area contributed by atoms with E-state index in [2.05, 4.69) is 4.98 Å². The van der Waals surface area contributed by atoms with Crippen LogP contribution in [0.15, 0.2) is 24.5 Å². The second-order valence-corrected chi connectivity index (χ2v) is 6.89. The Morgan fingerprint density at radius 2 is 2.12 bits per heavy atom. The smallest absolute Gasteiger partial charge is 0.366 e. The average molecular weight is 267 g/mol. The van der Waals surface area contributed by atoms with Gasteiger partial charge in [0.1, 0.15) is 0 Å². The van der Waals surface area contributed by atoms with E-state index in [1.54, 1.807) is 0 Å². The van der Waals surface area contributed by atoms with E-state index in [-0.39, 0.29) is 5.56 Å². The minimum absolute atomic E-state index is 0.265. The Morgan fingerprint density at radius 3 is 2.50 bits per heavy atom. The molecule has 0 aliphatic carbocycles. The molecule has 0 aliphatic heterocycles. The fourth-order valence-electron chi connectivity index (χ4n) is 1.09. The summed E-state index contributed by atoms with van der Waals surface area (Å²) in [6, 6.07) is 2.93. The van der Waals surface area contributed by atoms with Gasteiger partial charge in [-0.25, -0.2) is 0 Å². The monoisotopic (exact) mass is 267 g/mol. The van der Waals surface area contributed by atoms with Gasteiger partial charge in [0.2, 0.25) is 13.1 Å². The van der Waals surface area contributed by atoms with Crippen molar-refractivity contribution in [3.63, 3.8) is 0 Å². The molecule has 0 bridgehead atoms. The minimum Gasteiger partial charge on any atom is -0.369 e. The zero-order valence-corrected chi connectivity index (χ0v) is 9.91. The normalized spacial score (nSPS) is 17.8. The zero-order chi connectivity index (χ0) is 12.4. The molecule has 90 valence electrons. The van der Waals surface area contributed by atoms with Crippen molar-refractivity contribution in [2.45, 2.75) is 11.5 Å². The Labute approximate surface area is 91.8 Å². The molecule has 4 N–H and O–H groups in total. The highest BCUT2D eigenvalue weighted by molar-refractivity contribution is 7.66. The average Bonchev–Trinajstić information content (AvgIpc) is 2.17. The maximum atomic E-state index is 11.0. The van der Waals surface area contributed by atoms with E-state index in [4.69, 9.17) is 14.7 Å². The van der Waals surface area contributed by atoms with E-state index in [9.17, 15) is 14.2 Å².